The molecule has 1 unspecified atom stereocenters. The summed E-state index contributed by atoms with van der Waals surface area (Å²) < 4.78 is 11.5. The predicted octanol–water partition coefficient (Wildman–Crippen LogP) is 3.58. The Labute approximate surface area is 176 Å². The summed E-state index contributed by atoms with van der Waals surface area (Å²) in [5.41, 5.74) is 13.2. The van der Waals surface area contributed by atoms with Gasteiger partial charge in [0.25, 0.3) is 0 Å². The highest BCUT2D eigenvalue weighted by Gasteiger charge is 2.26. The highest BCUT2D eigenvalue weighted by Crippen LogP contribution is 2.30. The van der Waals surface area contributed by atoms with Gasteiger partial charge < -0.3 is 25.4 Å². The topological polar surface area (TPSA) is 163 Å². The number of hydrogen-bond donors (Lipinski definition) is 5. The zero-order chi connectivity index (χ0) is 20.7. The summed E-state index contributed by atoms with van der Waals surface area (Å²) >= 11 is 0. The number of nitrogen functional groups attached to an aromatic ring is 2. The molecule has 0 saturated heterocycles. The second-order valence-electron chi connectivity index (χ2n) is 6.79. The van der Waals surface area contributed by atoms with Crippen molar-refractivity contribution < 1.29 is 18.7 Å². The highest BCUT2D eigenvalue weighted by molar-refractivity contribution is 5.99. The number of benzene rings is 2. The van der Waals surface area contributed by atoms with E-state index in [1.165, 1.54) is 0 Å². The minimum atomic E-state index is -1.04. The van der Waals surface area contributed by atoms with Gasteiger partial charge in [0.2, 0.25) is 0 Å². The van der Waals surface area contributed by atoms with Crippen molar-refractivity contribution in [3.8, 4) is 0 Å². The van der Waals surface area contributed by atoms with E-state index >= 15 is 0 Å². The molecule has 1 atom stereocenters. The molecule has 2 aromatic carbocycles. The normalized spacial score (nSPS) is 11.9. The molecule has 4 rings (SSSR count). The molecular weight excluding hydrogens is 408 g/mol. The van der Waals surface area contributed by atoms with Crippen molar-refractivity contribution >= 4 is 52.0 Å². The lowest BCUT2D eigenvalue weighted by Crippen LogP contribution is -2.13. The Bertz CT molecular complexity index is 1290. The van der Waals surface area contributed by atoms with Gasteiger partial charge in [-0.1, -0.05) is 0 Å². The van der Waals surface area contributed by atoms with E-state index in [2.05, 4.69) is 0 Å². The van der Waals surface area contributed by atoms with E-state index < -0.39 is 11.9 Å². The molecule has 0 amide bonds. The maximum absolute atomic E-state index is 11.9. The summed E-state index contributed by atoms with van der Waals surface area (Å²) in [6, 6.07) is 13.5. The van der Waals surface area contributed by atoms with Crippen LogP contribution in [0.25, 0.3) is 21.9 Å². The number of furan rings is 2. The Hall–Kier alpha value is -3.78. The Morgan fingerprint density at radius 2 is 1.43 bits per heavy atom. The van der Waals surface area contributed by atoms with E-state index in [4.69, 9.17) is 31.1 Å². The number of carboxylic acid groups (broad SMARTS) is 1. The molecule has 0 radical (unpaired) electrons. The van der Waals surface area contributed by atoms with Crippen LogP contribution in [0.4, 0.5) is 0 Å². The second kappa shape index (κ2) is 7.92. The highest BCUT2D eigenvalue weighted by atomic mass is 35.5. The van der Waals surface area contributed by atoms with Crippen molar-refractivity contribution in [2.24, 2.45) is 11.5 Å². The number of nitrogens with two attached hydrogens (primary N) is 2. The van der Waals surface area contributed by atoms with Gasteiger partial charge >= 0.3 is 5.97 Å². The van der Waals surface area contributed by atoms with Crippen LogP contribution in [0.5, 0.6) is 0 Å². The lowest BCUT2D eigenvalue weighted by molar-refractivity contribution is -0.139. The summed E-state index contributed by atoms with van der Waals surface area (Å²) in [6.07, 6.45) is 0.0960. The zero-order valence-corrected chi connectivity index (χ0v) is 16.5. The minimum absolute atomic E-state index is 0. The first-order chi connectivity index (χ1) is 13.8. The maximum atomic E-state index is 11.9. The first kappa shape index (κ1) is 20.9. The molecule has 0 spiro atoms. The first-order valence-corrected chi connectivity index (χ1v) is 8.79. The number of carbonyl (C=O) groups is 1. The largest absolute Gasteiger partial charge is 0.481 e. The van der Waals surface area contributed by atoms with Gasteiger partial charge in [0.1, 0.15) is 40.3 Å². The van der Waals surface area contributed by atoms with E-state index in [9.17, 15) is 9.90 Å². The molecule has 30 heavy (non-hydrogen) atoms. The van der Waals surface area contributed by atoms with Crippen LogP contribution in [0.3, 0.4) is 0 Å². The Morgan fingerprint density at radius 1 is 0.900 bits per heavy atom. The summed E-state index contributed by atoms with van der Waals surface area (Å²) in [6.45, 7) is 0. The molecule has 154 valence electrons. The number of hydrogen-bond acceptors (Lipinski definition) is 5. The number of carboxylic acids is 1. The number of amidine groups is 2. The molecule has 0 aliphatic heterocycles. The molecule has 0 bridgehead atoms. The van der Waals surface area contributed by atoms with Gasteiger partial charge in [-0.15, -0.1) is 12.4 Å². The lowest BCUT2D eigenvalue weighted by atomic mass is 10.0. The van der Waals surface area contributed by atoms with Gasteiger partial charge in [-0.2, -0.15) is 0 Å². The minimum Gasteiger partial charge on any atom is -0.481 e. The third-order valence-corrected chi connectivity index (χ3v) is 4.77. The summed E-state index contributed by atoms with van der Waals surface area (Å²) in [5, 5.41) is 26.2. The molecule has 2 aromatic heterocycles. The molecule has 2 heterocycles. The number of fused-ring (bicyclic) bond motifs is 2. The predicted molar refractivity (Wildman–Crippen MR) is 116 cm³/mol. The van der Waals surface area contributed by atoms with Crippen LogP contribution in [0.1, 0.15) is 28.6 Å². The molecule has 0 aliphatic carbocycles. The van der Waals surface area contributed by atoms with Crippen molar-refractivity contribution in [3.05, 3.63) is 71.2 Å². The van der Waals surface area contributed by atoms with Crippen molar-refractivity contribution in [1.29, 1.82) is 10.8 Å². The van der Waals surface area contributed by atoms with Crippen LogP contribution >= 0.6 is 12.4 Å². The van der Waals surface area contributed by atoms with E-state index in [0.717, 1.165) is 5.39 Å². The van der Waals surface area contributed by atoms with Gasteiger partial charge in [0, 0.05) is 28.3 Å². The SMILES string of the molecule is Cl.N=C(N)c1ccc2oc(CC(C(=O)O)c3cc4cc(C(=N)N)ccc4o3)cc2c1. The van der Waals surface area contributed by atoms with Crippen molar-refractivity contribution in [2.45, 2.75) is 12.3 Å². The van der Waals surface area contributed by atoms with E-state index in [1.807, 2.05) is 0 Å². The quantitative estimate of drug-likeness (QED) is 0.233. The molecule has 8 nitrogen and oxygen atoms in total. The molecule has 9 heteroatoms. The fourth-order valence-electron chi connectivity index (χ4n) is 3.28. The lowest BCUT2D eigenvalue weighted by Gasteiger charge is -2.07. The fourth-order valence-corrected chi connectivity index (χ4v) is 3.28. The molecule has 0 aliphatic rings. The van der Waals surface area contributed by atoms with Crippen molar-refractivity contribution in [1.82, 2.24) is 0 Å². The van der Waals surface area contributed by atoms with Gasteiger partial charge in [0.15, 0.2) is 0 Å². The molecule has 4 aromatic rings. The average Bonchev–Trinajstić information content (AvgIpc) is 3.27. The van der Waals surface area contributed by atoms with Crippen LogP contribution in [0, 0.1) is 10.8 Å². The number of aliphatic carboxylic acids is 1. The summed E-state index contributed by atoms with van der Waals surface area (Å²) in [5.74, 6) is -1.34. The van der Waals surface area contributed by atoms with Gasteiger partial charge in [-0.25, -0.2) is 0 Å². The number of halogens is 1. The molecule has 0 saturated carbocycles. The smallest absolute Gasteiger partial charge is 0.314 e. The molecule has 7 N–H and O–H groups in total. The van der Waals surface area contributed by atoms with E-state index in [1.54, 1.807) is 48.5 Å². The van der Waals surface area contributed by atoms with Crippen LogP contribution < -0.4 is 11.5 Å². The number of nitrogens with one attached hydrogen (secondary N) is 2. The Morgan fingerprint density at radius 3 is 1.97 bits per heavy atom. The average molecular weight is 427 g/mol. The van der Waals surface area contributed by atoms with Gasteiger partial charge in [-0.05, 0) is 48.5 Å². The van der Waals surface area contributed by atoms with Gasteiger partial charge in [-0.3, -0.25) is 15.6 Å². The molecular formula is C21H19ClN4O4. The monoisotopic (exact) mass is 426 g/mol. The maximum Gasteiger partial charge on any atom is 0.314 e. The Kier molecular flexibility index (Phi) is 5.53. The third kappa shape index (κ3) is 3.85. The summed E-state index contributed by atoms with van der Waals surface area (Å²) in [7, 11) is 0. The standard InChI is InChI=1S/C21H18N4O4.ClH/c22-19(23)10-1-3-16-12(5-10)7-14(28-16)9-15(21(26)27)18-8-13-6-11(20(24)25)2-4-17(13)29-18;/h1-8,15H,9H2,(H3,22,23)(H3,24,25)(H,26,27);1H. The van der Waals surface area contributed by atoms with E-state index in [-0.39, 0.29) is 36.3 Å². The number of rotatable bonds is 6. The van der Waals surface area contributed by atoms with Crippen LogP contribution in [-0.2, 0) is 11.2 Å². The zero-order valence-electron chi connectivity index (χ0n) is 15.6. The molecule has 0 fully saturated rings. The Balaban J connectivity index is 0.00000256. The van der Waals surface area contributed by atoms with Crippen LogP contribution in [0.2, 0.25) is 0 Å². The van der Waals surface area contributed by atoms with Crippen molar-refractivity contribution in [2.75, 3.05) is 0 Å². The van der Waals surface area contributed by atoms with Crippen LogP contribution in [-0.4, -0.2) is 22.7 Å². The van der Waals surface area contributed by atoms with Crippen LogP contribution in [0.15, 0.2) is 57.4 Å². The van der Waals surface area contributed by atoms with Gasteiger partial charge in [0.05, 0.1) is 0 Å². The third-order valence-electron chi connectivity index (χ3n) is 4.77. The first-order valence-electron chi connectivity index (χ1n) is 8.79. The second-order valence-corrected chi connectivity index (χ2v) is 6.79. The van der Waals surface area contributed by atoms with E-state index in [0.29, 0.717) is 33.4 Å². The summed E-state index contributed by atoms with van der Waals surface area (Å²) in [4.78, 5) is 11.9. The fraction of sp³-hybridized carbons (Fsp3) is 0.0952. The van der Waals surface area contributed by atoms with Crippen molar-refractivity contribution in [3.63, 3.8) is 0 Å².